The minimum absolute atomic E-state index is 0.00509. The highest BCUT2D eigenvalue weighted by Crippen LogP contribution is 2.29. The van der Waals surface area contributed by atoms with E-state index in [9.17, 15) is 19.2 Å². The molecular weight excluding hydrogens is 601 g/mol. The van der Waals surface area contributed by atoms with Gasteiger partial charge in [0.2, 0.25) is 5.91 Å². The lowest BCUT2D eigenvalue weighted by Gasteiger charge is -2.17. The van der Waals surface area contributed by atoms with Gasteiger partial charge < -0.3 is 5.32 Å². The predicted molar refractivity (Wildman–Crippen MR) is 198 cm³/mol. The van der Waals surface area contributed by atoms with E-state index in [0.29, 0.717) is 35.1 Å². The molecule has 6 nitrogen and oxygen atoms in total. The first-order chi connectivity index (χ1) is 21.5. The van der Waals surface area contributed by atoms with Crippen molar-refractivity contribution in [3.8, 4) is 0 Å². The molecule has 3 rings (SSSR count). The van der Waals surface area contributed by atoms with Gasteiger partial charge in [0.25, 0.3) is 0 Å². The molecule has 0 saturated carbocycles. The molecule has 0 atom stereocenters. The SMILES string of the molecule is CC.CC.CC(=O)CN1CCCCCC1.CCC(=O)Nc1c(C)csc1C(C)=O.CCCC(CCC)C(=O)c1scc(C)c1C. The van der Waals surface area contributed by atoms with Gasteiger partial charge >= 0.3 is 0 Å². The summed E-state index contributed by atoms with van der Waals surface area (Å²) in [7, 11) is 0. The molecule has 1 fully saturated rings. The summed E-state index contributed by atoms with van der Waals surface area (Å²) in [6.45, 7) is 26.2. The Hall–Kier alpha value is -2.16. The third kappa shape index (κ3) is 17.9. The molecule has 3 heterocycles. The number of rotatable bonds is 11. The normalized spacial score (nSPS) is 12.5. The van der Waals surface area contributed by atoms with Gasteiger partial charge in [-0.3, -0.25) is 24.1 Å². The number of hydrogen-bond acceptors (Lipinski definition) is 7. The monoisotopic (exact) mass is 664 g/mol. The van der Waals surface area contributed by atoms with Gasteiger partial charge in [0, 0.05) is 19.3 Å². The number of nitrogens with one attached hydrogen (secondary N) is 1. The molecule has 8 heteroatoms. The molecule has 0 aromatic carbocycles. The lowest BCUT2D eigenvalue weighted by Crippen LogP contribution is -2.29. The van der Waals surface area contributed by atoms with Crippen LogP contribution in [-0.4, -0.2) is 47.8 Å². The number of Topliss-reactive ketones (excluding diaryl/α,β-unsaturated/α-hetero) is 3. The van der Waals surface area contributed by atoms with Crippen LogP contribution in [0.15, 0.2) is 10.8 Å². The largest absolute Gasteiger partial charge is 0.324 e. The van der Waals surface area contributed by atoms with Gasteiger partial charge in [-0.25, -0.2) is 0 Å². The van der Waals surface area contributed by atoms with Crippen LogP contribution in [0.3, 0.4) is 0 Å². The molecule has 0 spiro atoms. The predicted octanol–water partition coefficient (Wildman–Crippen LogP) is 10.9. The summed E-state index contributed by atoms with van der Waals surface area (Å²) in [6.07, 6.45) is 9.90. The van der Waals surface area contributed by atoms with Crippen molar-refractivity contribution < 1.29 is 19.2 Å². The van der Waals surface area contributed by atoms with Crippen molar-refractivity contribution in [2.75, 3.05) is 25.0 Å². The van der Waals surface area contributed by atoms with Gasteiger partial charge in [-0.1, -0.05) is 74.1 Å². The number of hydrogen-bond donors (Lipinski definition) is 1. The Kier molecular flexibility index (Phi) is 27.0. The molecule has 0 aliphatic carbocycles. The Morgan fingerprint density at radius 2 is 1.27 bits per heavy atom. The van der Waals surface area contributed by atoms with Gasteiger partial charge in [-0.05, 0) is 93.9 Å². The summed E-state index contributed by atoms with van der Waals surface area (Å²) >= 11 is 2.99. The maximum atomic E-state index is 12.4. The van der Waals surface area contributed by atoms with Gasteiger partial charge in [-0.2, -0.15) is 0 Å². The van der Waals surface area contributed by atoms with Crippen LogP contribution < -0.4 is 5.32 Å². The molecule has 0 radical (unpaired) electrons. The van der Waals surface area contributed by atoms with Crippen LogP contribution in [0.1, 0.15) is 156 Å². The van der Waals surface area contributed by atoms with E-state index in [0.717, 1.165) is 49.2 Å². The van der Waals surface area contributed by atoms with Gasteiger partial charge in [0.15, 0.2) is 11.6 Å². The Morgan fingerprint density at radius 3 is 1.67 bits per heavy atom. The number of ketones is 3. The van der Waals surface area contributed by atoms with Crippen molar-refractivity contribution >= 4 is 51.6 Å². The van der Waals surface area contributed by atoms with Gasteiger partial charge in [-0.15, -0.1) is 22.7 Å². The molecule has 1 saturated heterocycles. The third-order valence-corrected chi connectivity index (χ3v) is 9.59. The second-order valence-electron chi connectivity index (χ2n) is 11.0. The van der Waals surface area contributed by atoms with Crippen LogP contribution in [0.4, 0.5) is 5.69 Å². The minimum Gasteiger partial charge on any atom is -0.324 e. The molecular formula is C37H64N2O4S2. The standard InChI is InChI=1S/C14H22OS.C10H13NO2S.C9H17NO.2C2H6/c1-5-7-12(8-6-2)13(15)14-11(4)10(3)9-16-14;1-4-8(13)11-9-6(2)5-14-10(9)7(3)12;1-9(11)8-10-6-4-2-3-5-7-10;2*1-2/h9,12H,5-8H2,1-4H3;5H,4H2,1-3H3,(H,11,13);2-8H2,1H3;2*1-2H3. The van der Waals surface area contributed by atoms with Crippen LogP contribution in [0.2, 0.25) is 0 Å². The fourth-order valence-electron chi connectivity index (χ4n) is 4.73. The molecule has 1 aliphatic heterocycles. The van der Waals surface area contributed by atoms with E-state index in [1.54, 1.807) is 25.2 Å². The summed E-state index contributed by atoms with van der Waals surface area (Å²) in [5, 5.41) is 6.71. The molecule has 1 N–H and O–H groups in total. The highest BCUT2D eigenvalue weighted by atomic mass is 32.1. The summed E-state index contributed by atoms with van der Waals surface area (Å²) in [6, 6.07) is 0. The maximum absolute atomic E-state index is 12.4. The molecule has 45 heavy (non-hydrogen) atoms. The highest BCUT2D eigenvalue weighted by Gasteiger charge is 2.22. The smallest absolute Gasteiger partial charge is 0.224 e. The number of carbonyl (C=O) groups is 4. The number of thiophene rings is 2. The quantitative estimate of drug-likeness (QED) is 0.242. The van der Waals surface area contributed by atoms with E-state index in [2.05, 4.69) is 43.3 Å². The first kappa shape index (κ1) is 45.0. The number of likely N-dealkylation sites (tertiary alicyclic amines) is 1. The highest BCUT2D eigenvalue weighted by molar-refractivity contribution is 7.13. The topological polar surface area (TPSA) is 83.6 Å². The van der Waals surface area contributed by atoms with E-state index >= 15 is 0 Å². The maximum Gasteiger partial charge on any atom is 0.224 e. The van der Waals surface area contributed by atoms with Crippen LogP contribution in [0, 0.1) is 26.7 Å². The Labute approximate surface area is 283 Å². The number of carbonyl (C=O) groups excluding carboxylic acids is 4. The lowest BCUT2D eigenvalue weighted by atomic mass is 9.91. The molecule has 1 aliphatic rings. The third-order valence-electron chi connectivity index (χ3n) is 7.18. The fraction of sp³-hybridized carbons (Fsp3) is 0.676. The number of nitrogens with zero attached hydrogens (tertiary/aromatic N) is 1. The van der Waals surface area contributed by atoms with Crippen molar-refractivity contribution in [2.45, 2.75) is 141 Å². The van der Waals surface area contributed by atoms with Crippen LogP contribution in [0.25, 0.3) is 0 Å². The molecule has 1 amide bonds. The van der Waals surface area contributed by atoms with E-state index < -0.39 is 0 Å². The van der Waals surface area contributed by atoms with Crippen molar-refractivity contribution in [3.63, 3.8) is 0 Å². The lowest BCUT2D eigenvalue weighted by molar-refractivity contribution is -0.118. The Bertz CT molecular complexity index is 1110. The number of anilines is 1. The number of aryl methyl sites for hydroxylation is 2. The van der Waals surface area contributed by atoms with E-state index in [4.69, 9.17) is 0 Å². The van der Waals surface area contributed by atoms with Crippen molar-refractivity contribution in [1.29, 1.82) is 0 Å². The fourth-order valence-corrected chi connectivity index (χ4v) is 6.73. The van der Waals surface area contributed by atoms with E-state index in [-0.39, 0.29) is 17.6 Å². The second kappa shape index (κ2) is 27.0. The van der Waals surface area contributed by atoms with Gasteiger partial charge in [0.1, 0.15) is 5.78 Å². The van der Waals surface area contributed by atoms with Crippen LogP contribution in [-0.2, 0) is 9.59 Å². The molecule has 258 valence electrons. The average molecular weight is 665 g/mol. The Morgan fingerprint density at radius 1 is 0.778 bits per heavy atom. The van der Waals surface area contributed by atoms with Crippen LogP contribution >= 0.6 is 22.7 Å². The first-order valence-corrected chi connectivity index (χ1v) is 18.9. The van der Waals surface area contributed by atoms with Gasteiger partial charge in [0.05, 0.1) is 22.0 Å². The Balaban J connectivity index is 0. The molecule has 0 bridgehead atoms. The average Bonchev–Trinajstić information content (AvgIpc) is 3.44. The van der Waals surface area contributed by atoms with Crippen molar-refractivity contribution in [1.82, 2.24) is 4.90 Å². The zero-order chi connectivity index (χ0) is 34.9. The minimum atomic E-state index is -0.0611. The zero-order valence-electron chi connectivity index (χ0n) is 30.6. The van der Waals surface area contributed by atoms with E-state index in [1.165, 1.54) is 55.1 Å². The van der Waals surface area contributed by atoms with Crippen molar-refractivity contribution in [2.24, 2.45) is 5.92 Å². The summed E-state index contributed by atoms with van der Waals surface area (Å²) < 4.78 is 0. The molecule has 0 unspecified atom stereocenters. The van der Waals surface area contributed by atoms with E-state index in [1.807, 2.05) is 40.0 Å². The summed E-state index contributed by atoms with van der Waals surface area (Å²) in [4.78, 5) is 49.4. The molecule has 2 aromatic heterocycles. The zero-order valence-corrected chi connectivity index (χ0v) is 32.2. The first-order valence-electron chi connectivity index (χ1n) is 17.2. The summed E-state index contributed by atoms with van der Waals surface area (Å²) in [5.41, 5.74) is 4.06. The number of amides is 1. The second-order valence-corrected chi connectivity index (χ2v) is 12.7. The molecule has 2 aromatic rings. The van der Waals surface area contributed by atoms with Crippen LogP contribution in [0.5, 0.6) is 0 Å². The summed E-state index contributed by atoms with van der Waals surface area (Å²) in [5.74, 6) is 0.849. The van der Waals surface area contributed by atoms with Crippen molar-refractivity contribution in [3.05, 3.63) is 37.2 Å².